The van der Waals surface area contributed by atoms with Crippen molar-refractivity contribution in [1.82, 2.24) is 19.5 Å². The molecular formula is C10H18N4O. The Kier molecular flexibility index (Phi) is 6.01. The number of aromatic nitrogens is 4. The topological polar surface area (TPSA) is 63.6 Å². The number of aromatic amines is 1. The summed E-state index contributed by atoms with van der Waals surface area (Å²) in [5, 5.41) is 0. The van der Waals surface area contributed by atoms with Crippen LogP contribution in [-0.4, -0.2) is 19.5 Å². The van der Waals surface area contributed by atoms with Gasteiger partial charge >= 0.3 is 0 Å². The first kappa shape index (κ1) is 13.4. The third-order valence-electron chi connectivity index (χ3n) is 1.50. The van der Waals surface area contributed by atoms with Crippen LogP contribution in [-0.2, 0) is 7.05 Å². The zero-order chi connectivity index (χ0) is 11.8. The van der Waals surface area contributed by atoms with Crippen molar-refractivity contribution in [3.63, 3.8) is 0 Å². The Morgan fingerprint density at radius 2 is 1.80 bits per heavy atom. The molecule has 0 saturated heterocycles. The van der Waals surface area contributed by atoms with Crippen LogP contribution < -0.4 is 5.56 Å². The lowest BCUT2D eigenvalue weighted by molar-refractivity contribution is 0.927. The van der Waals surface area contributed by atoms with E-state index in [1.54, 1.807) is 17.9 Å². The van der Waals surface area contributed by atoms with Crippen LogP contribution in [0.25, 0.3) is 11.2 Å². The number of fused-ring (bicyclic) bond motifs is 1. The van der Waals surface area contributed by atoms with Gasteiger partial charge in [0.1, 0.15) is 0 Å². The molecule has 0 unspecified atom stereocenters. The number of imidazole rings is 1. The van der Waals surface area contributed by atoms with E-state index in [-0.39, 0.29) is 5.56 Å². The summed E-state index contributed by atoms with van der Waals surface area (Å²) in [6.45, 7) is 8.00. The summed E-state index contributed by atoms with van der Waals surface area (Å²) in [6.07, 6.45) is 2.93. The van der Waals surface area contributed by atoms with E-state index in [1.807, 2.05) is 27.7 Å². The number of aryl methyl sites for hydroxylation is 1. The minimum atomic E-state index is -0.199. The van der Waals surface area contributed by atoms with Crippen LogP contribution >= 0.6 is 0 Å². The minimum Gasteiger partial charge on any atom is -0.318 e. The molecule has 0 aliphatic heterocycles. The van der Waals surface area contributed by atoms with E-state index in [2.05, 4.69) is 15.0 Å². The molecule has 5 nitrogen and oxygen atoms in total. The lowest BCUT2D eigenvalue weighted by atomic mass is 10.5. The molecule has 0 saturated carbocycles. The van der Waals surface area contributed by atoms with Crippen molar-refractivity contribution in [2.45, 2.75) is 27.7 Å². The maximum atomic E-state index is 11.0. The van der Waals surface area contributed by atoms with Crippen LogP contribution in [0, 0.1) is 0 Å². The smallest absolute Gasteiger partial charge is 0.278 e. The van der Waals surface area contributed by atoms with Crippen molar-refractivity contribution in [2.75, 3.05) is 0 Å². The summed E-state index contributed by atoms with van der Waals surface area (Å²) in [5.74, 6) is 0. The predicted molar refractivity (Wildman–Crippen MR) is 61.8 cm³/mol. The molecule has 2 aromatic heterocycles. The number of nitrogens with zero attached hydrogens (tertiary/aromatic N) is 3. The van der Waals surface area contributed by atoms with Gasteiger partial charge in [0, 0.05) is 7.05 Å². The Labute approximate surface area is 89.2 Å². The third-order valence-corrected chi connectivity index (χ3v) is 1.50. The zero-order valence-corrected chi connectivity index (χ0v) is 9.90. The van der Waals surface area contributed by atoms with Crippen molar-refractivity contribution >= 4 is 11.2 Å². The van der Waals surface area contributed by atoms with Gasteiger partial charge in [0.05, 0.1) is 12.7 Å². The highest BCUT2D eigenvalue weighted by molar-refractivity contribution is 5.68. The van der Waals surface area contributed by atoms with E-state index in [0.29, 0.717) is 11.2 Å². The minimum absolute atomic E-state index is 0.199. The van der Waals surface area contributed by atoms with Crippen molar-refractivity contribution in [1.29, 1.82) is 0 Å². The van der Waals surface area contributed by atoms with Crippen molar-refractivity contribution < 1.29 is 0 Å². The average Bonchev–Trinajstić information content (AvgIpc) is 2.68. The third kappa shape index (κ3) is 2.90. The second kappa shape index (κ2) is 6.75. The van der Waals surface area contributed by atoms with Crippen molar-refractivity contribution in [3.05, 3.63) is 23.0 Å². The lowest BCUT2D eigenvalue weighted by Crippen LogP contribution is -2.06. The van der Waals surface area contributed by atoms with Gasteiger partial charge < -0.3 is 9.55 Å². The van der Waals surface area contributed by atoms with Crippen LogP contribution in [0.15, 0.2) is 17.4 Å². The summed E-state index contributed by atoms with van der Waals surface area (Å²) in [7, 11) is 1.79. The van der Waals surface area contributed by atoms with E-state index in [1.165, 1.54) is 6.33 Å². The van der Waals surface area contributed by atoms with E-state index in [0.717, 1.165) is 0 Å². The molecule has 84 valence electrons. The maximum Gasteiger partial charge on any atom is 0.278 e. The Morgan fingerprint density at radius 3 is 2.33 bits per heavy atom. The number of rotatable bonds is 0. The van der Waals surface area contributed by atoms with E-state index < -0.39 is 0 Å². The summed E-state index contributed by atoms with van der Waals surface area (Å²) < 4.78 is 1.70. The molecule has 0 fully saturated rings. The average molecular weight is 210 g/mol. The fourth-order valence-electron chi connectivity index (χ4n) is 0.957. The van der Waals surface area contributed by atoms with Crippen molar-refractivity contribution in [2.24, 2.45) is 7.05 Å². The molecule has 0 radical (unpaired) electrons. The van der Waals surface area contributed by atoms with Crippen LogP contribution in [0.2, 0.25) is 0 Å². The molecule has 15 heavy (non-hydrogen) atoms. The number of H-pyrrole nitrogens is 1. The first-order chi connectivity index (χ1) is 7.29. The van der Waals surface area contributed by atoms with Gasteiger partial charge in [0.25, 0.3) is 5.56 Å². The highest BCUT2D eigenvalue weighted by Crippen LogP contribution is 1.99. The largest absolute Gasteiger partial charge is 0.318 e. The van der Waals surface area contributed by atoms with Crippen LogP contribution in [0.5, 0.6) is 0 Å². The molecule has 1 N–H and O–H groups in total. The molecule has 0 aliphatic carbocycles. The van der Waals surface area contributed by atoms with Gasteiger partial charge in [0.2, 0.25) is 0 Å². The highest BCUT2D eigenvalue weighted by Gasteiger charge is 2.02. The summed E-state index contributed by atoms with van der Waals surface area (Å²) >= 11 is 0. The SMILES string of the molecule is CC.CC.Cn1cnc2c(=O)[nH]cnc21. The molecule has 5 heteroatoms. The molecule has 0 bridgehead atoms. The molecule has 0 amide bonds. The predicted octanol–water partition coefficient (Wildman–Crippen LogP) is 1.71. The number of nitrogens with one attached hydrogen (secondary N) is 1. The zero-order valence-electron chi connectivity index (χ0n) is 9.90. The Morgan fingerprint density at radius 1 is 1.20 bits per heavy atom. The Bertz CT molecular complexity index is 444. The summed E-state index contributed by atoms with van der Waals surface area (Å²) in [5.41, 5.74) is 0.791. The van der Waals surface area contributed by atoms with E-state index in [4.69, 9.17) is 0 Å². The first-order valence-corrected chi connectivity index (χ1v) is 5.14. The van der Waals surface area contributed by atoms with Gasteiger partial charge in [-0.2, -0.15) is 0 Å². The van der Waals surface area contributed by atoms with Crippen LogP contribution in [0.1, 0.15) is 27.7 Å². The molecule has 0 aliphatic rings. The first-order valence-electron chi connectivity index (χ1n) is 5.14. The highest BCUT2D eigenvalue weighted by atomic mass is 16.1. The number of hydrogen-bond donors (Lipinski definition) is 1. The normalized spacial score (nSPS) is 8.60. The Hall–Kier alpha value is -1.65. The molecule has 2 aromatic rings. The van der Waals surface area contributed by atoms with Gasteiger partial charge in [-0.1, -0.05) is 27.7 Å². The van der Waals surface area contributed by atoms with Gasteiger partial charge in [-0.3, -0.25) is 4.79 Å². The van der Waals surface area contributed by atoms with Crippen LogP contribution in [0.3, 0.4) is 0 Å². The number of hydrogen-bond acceptors (Lipinski definition) is 3. The second-order valence-corrected chi connectivity index (χ2v) is 2.26. The van der Waals surface area contributed by atoms with Gasteiger partial charge in [-0.05, 0) is 0 Å². The molecule has 2 rings (SSSR count). The van der Waals surface area contributed by atoms with Crippen molar-refractivity contribution in [3.8, 4) is 0 Å². The molecular weight excluding hydrogens is 192 g/mol. The van der Waals surface area contributed by atoms with E-state index in [9.17, 15) is 4.79 Å². The summed E-state index contributed by atoms with van der Waals surface area (Å²) in [6, 6.07) is 0. The second-order valence-electron chi connectivity index (χ2n) is 2.26. The molecule has 2 heterocycles. The molecule has 0 aromatic carbocycles. The van der Waals surface area contributed by atoms with Gasteiger partial charge in [-0.25, -0.2) is 9.97 Å². The van der Waals surface area contributed by atoms with E-state index >= 15 is 0 Å². The standard InChI is InChI=1S/C6H6N4O.2C2H6/c1-10-3-9-4-5(10)7-2-8-6(4)11;2*1-2/h2-3H,1H3,(H,7,8,11);2*1-2H3. The summed E-state index contributed by atoms with van der Waals surface area (Å²) in [4.78, 5) is 21.3. The quantitative estimate of drug-likeness (QED) is 0.720. The molecule has 0 spiro atoms. The Balaban J connectivity index is 0.000000442. The lowest BCUT2D eigenvalue weighted by Gasteiger charge is -1.88. The molecule has 0 atom stereocenters. The van der Waals surface area contributed by atoms with Crippen LogP contribution in [0.4, 0.5) is 0 Å². The maximum absolute atomic E-state index is 11.0. The van der Waals surface area contributed by atoms with Gasteiger partial charge in [0.15, 0.2) is 11.2 Å². The monoisotopic (exact) mass is 210 g/mol. The fraction of sp³-hybridized carbons (Fsp3) is 0.500. The van der Waals surface area contributed by atoms with Gasteiger partial charge in [-0.15, -0.1) is 0 Å². The fourth-order valence-corrected chi connectivity index (χ4v) is 0.957.